The molecule has 8 nitrogen and oxygen atoms in total. The Morgan fingerprint density at radius 3 is 1.44 bits per heavy atom. The molecule has 11 heteroatoms. The van der Waals surface area contributed by atoms with E-state index in [0.29, 0.717) is 0 Å². The number of sulfone groups is 1. The third-order valence-electron chi connectivity index (χ3n) is 3.84. The van der Waals surface area contributed by atoms with Gasteiger partial charge in [-0.25, -0.2) is 8.42 Å². The minimum Gasteiger partial charge on any atom is -0.258 e. The van der Waals surface area contributed by atoms with Gasteiger partial charge in [-0.3, -0.25) is 20.2 Å². The van der Waals surface area contributed by atoms with Crippen molar-refractivity contribution in [1.82, 2.24) is 0 Å². The first kappa shape index (κ1) is 21.1. The van der Waals surface area contributed by atoms with Gasteiger partial charge >= 0.3 is 0 Å². The predicted molar refractivity (Wildman–Crippen MR) is 100 cm³/mol. The molecule has 0 unspecified atom stereocenters. The van der Waals surface area contributed by atoms with Gasteiger partial charge in [-0.05, 0) is 25.0 Å². The van der Waals surface area contributed by atoms with Crippen molar-refractivity contribution in [1.29, 1.82) is 0 Å². The van der Waals surface area contributed by atoms with Crippen LogP contribution in [0, 0.1) is 20.2 Å². The lowest BCUT2D eigenvalue weighted by Crippen LogP contribution is -2.11. The largest absolute Gasteiger partial charge is 0.291 e. The molecule has 27 heavy (non-hydrogen) atoms. The maximum atomic E-state index is 13.1. The maximum absolute atomic E-state index is 13.1. The molecule has 0 spiro atoms. The van der Waals surface area contributed by atoms with Crippen molar-refractivity contribution in [3.63, 3.8) is 0 Å². The number of aryl methyl sites for hydroxylation is 2. The molecule has 0 atom stereocenters. The fourth-order valence-electron chi connectivity index (χ4n) is 2.71. The second-order valence-corrected chi connectivity index (χ2v) is 8.07. The summed E-state index contributed by atoms with van der Waals surface area (Å²) in [5, 5.41) is 23.1. The average molecular weight is 433 g/mol. The Labute approximate surface area is 164 Å². The summed E-state index contributed by atoms with van der Waals surface area (Å²) >= 11 is 11.3. The van der Waals surface area contributed by atoms with Crippen LogP contribution < -0.4 is 0 Å². The van der Waals surface area contributed by atoms with Crippen LogP contribution in [0.25, 0.3) is 0 Å². The van der Waals surface area contributed by atoms with E-state index in [1.54, 1.807) is 0 Å². The molecule has 0 N–H and O–H groups in total. The molecule has 0 aromatic heterocycles. The number of para-hydroxylation sites is 2. The molecule has 0 saturated heterocycles. The maximum Gasteiger partial charge on any atom is 0.291 e. The fraction of sp³-hybridized carbons (Fsp3) is 0.250. The molecule has 0 radical (unpaired) electrons. The number of nitro groups is 2. The third kappa shape index (κ3) is 4.20. The monoisotopic (exact) mass is 432 g/mol. The van der Waals surface area contributed by atoms with Gasteiger partial charge in [0.2, 0.25) is 9.84 Å². The summed E-state index contributed by atoms with van der Waals surface area (Å²) in [6.45, 7) is 0. The van der Waals surface area contributed by atoms with Crippen LogP contribution in [0.4, 0.5) is 11.4 Å². The average Bonchev–Trinajstić information content (AvgIpc) is 2.61. The molecule has 0 saturated carbocycles. The molecule has 0 aliphatic heterocycles. The molecule has 2 rings (SSSR count). The highest BCUT2D eigenvalue weighted by atomic mass is 35.5. The molecule has 0 aliphatic carbocycles. The van der Waals surface area contributed by atoms with Gasteiger partial charge in [0.25, 0.3) is 11.4 Å². The minimum absolute atomic E-state index is 0.0513. The third-order valence-corrected chi connectivity index (χ3v) is 6.03. The standard InChI is InChI=1S/C16H14Cl2N2O6S/c17-9-7-11-3-1-5-13(15(11)19(21)22)27(25,26)14-6-2-4-12(8-10-18)16(14)20(23)24/h1-6H,7-10H2. The van der Waals surface area contributed by atoms with Crippen LogP contribution in [0.15, 0.2) is 46.2 Å². The van der Waals surface area contributed by atoms with Crippen LogP contribution in [0.2, 0.25) is 0 Å². The van der Waals surface area contributed by atoms with E-state index in [1.165, 1.54) is 24.3 Å². The quantitative estimate of drug-likeness (QED) is 0.354. The second-order valence-electron chi connectivity index (χ2n) is 5.42. The van der Waals surface area contributed by atoms with Crippen molar-refractivity contribution < 1.29 is 18.3 Å². The number of rotatable bonds is 8. The lowest BCUT2D eigenvalue weighted by atomic mass is 10.1. The Balaban J connectivity index is 2.82. The highest BCUT2D eigenvalue weighted by molar-refractivity contribution is 7.91. The molecule has 144 valence electrons. The van der Waals surface area contributed by atoms with E-state index < -0.39 is 40.8 Å². The van der Waals surface area contributed by atoms with Gasteiger partial charge in [-0.2, -0.15) is 0 Å². The highest BCUT2D eigenvalue weighted by Gasteiger charge is 2.35. The van der Waals surface area contributed by atoms with E-state index in [9.17, 15) is 28.6 Å². The minimum atomic E-state index is -4.54. The number of hydrogen-bond acceptors (Lipinski definition) is 6. The molecule has 2 aromatic carbocycles. The zero-order chi connectivity index (χ0) is 20.2. The van der Waals surface area contributed by atoms with Crippen LogP contribution in [0.5, 0.6) is 0 Å². The summed E-state index contributed by atoms with van der Waals surface area (Å²) in [4.78, 5) is 20.2. The van der Waals surface area contributed by atoms with Gasteiger partial charge in [-0.15, -0.1) is 23.2 Å². The van der Waals surface area contributed by atoms with Crippen LogP contribution in [0.1, 0.15) is 11.1 Å². The van der Waals surface area contributed by atoms with Crippen LogP contribution in [-0.2, 0) is 22.7 Å². The number of alkyl halides is 2. The zero-order valence-electron chi connectivity index (χ0n) is 13.8. The van der Waals surface area contributed by atoms with E-state index in [2.05, 4.69) is 0 Å². The van der Waals surface area contributed by atoms with Gasteiger partial charge in [0.1, 0.15) is 9.79 Å². The molecular formula is C16H14Cl2N2O6S. The number of benzene rings is 2. The summed E-state index contributed by atoms with van der Waals surface area (Å²) in [5.41, 5.74) is -0.989. The summed E-state index contributed by atoms with van der Waals surface area (Å²) in [7, 11) is -4.54. The molecule has 0 amide bonds. The predicted octanol–water partition coefficient (Wildman–Crippen LogP) is 3.90. The molecule has 0 bridgehead atoms. The van der Waals surface area contributed by atoms with E-state index in [1.807, 2.05) is 0 Å². The number of nitrogens with zero attached hydrogens (tertiary/aromatic N) is 2. The fourth-order valence-corrected chi connectivity index (χ4v) is 4.79. The Morgan fingerprint density at radius 2 is 1.15 bits per heavy atom. The van der Waals surface area contributed by atoms with E-state index >= 15 is 0 Å². The topological polar surface area (TPSA) is 120 Å². The number of nitro benzene ring substituents is 2. The van der Waals surface area contributed by atoms with Crippen LogP contribution in [-0.4, -0.2) is 30.0 Å². The highest BCUT2D eigenvalue weighted by Crippen LogP contribution is 2.37. The van der Waals surface area contributed by atoms with E-state index in [0.717, 1.165) is 12.1 Å². The Hall–Kier alpha value is -2.23. The first-order valence-electron chi connectivity index (χ1n) is 7.65. The van der Waals surface area contributed by atoms with Crippen molar-refractivity contribution in [3.05, 3.63) is 67.8 Å². The van der Waals surface area contributed by atoms with Crippen molar-refractivity contribution in [2.45, 2.75) is 22.6 Å². The lowest BCUT2D eigenvalue weighted by molar-refractivity contribution is -0.389. The molecular weight excluding hydrogens is 419 g/mol. The Morgan fingerprint density at radius 1 is 0.778 bits per heavy atom. The molecule has 0 heterocycles. The van der Waals surface area contributed by atoms with E-state index in [4.69, 9.17) is 23.2 Å². The summed E-state index contributed by atoms with van der Waals surface area (Å²) in [6, 6.07) is 7.61. The van der Waals surface area contributed by atoms with E-state index in [-0.39, 0.29) is 35.7 Å². The molecule has 0 fully saturated rings. The molecule has 2 aromatic rings. The summed E-state index contributed by atoms with van der Waals surface area (Å²) in [5.74, 6) is 0.103. The number of halogens is 2. The van der Waals surface area contributed by atoms with Gasteiger partial charge in [0.05, 0.1) is 9.85 Å². The zero-order valence-corrected chi connectivity index (χ0v) is 16.1. The van der Waals surface area contributed by atoms with Gasteiger partial charge in [-0.1, -0.05) is 24.3 Å². The van der Waals surface area contributed by atoms with Crippen molar-refractivity contribution >= 4 is 44.4 Å². The first-order chi connectivity index (χ1) is 12.8. The Kier molecular flexibility index (Phi) is 6.74. The van der Waals surface area contributed by atoms with Crippen molar-refractivity contribution in [2.24, 2.45) is 0 Å². The molecule has 0 aliphatic rings. The van der Waals surface area contributed by atoms with Crippen LogP contribution in [0.3, 0.4) is 0 Å². The smallest absolute Gasteiger partial charge is 0.258 e. The van der Waals surface area contributed by atoms with Crippen LogP contribution >= 0.6 is 23.2 Å². The summed E-state index contributed by atoms with van der Waals surface area (Å²) in [6.07, 6.45) is 0.158. The van der Waals surface area contributed by atoms with Crippen molar-refractivity contribution in [3.8, 4) is 0 Å². The SMILES string of the molecule is O=[N+]([O-])c1c(CCCl)cccc1S(=O)(=O)c1cccc(CCCl)c1[N+](=O)[O-]. The summed E-state index contributed by atoms with van der Waals surface area (Å²) < 4.78 is 26.2. The second kappa shape index (κ2) is 8.64. The van der Waals surface area contributed by atoms with Gasteiger partial charge in [0.15, 0.2) is 0 Å². The van der Waals surface area contributed by atoms with Gasteiger partial charge in [0, 0.05) is 22.9 Å². The first-order valence-corrected chi connectivity index (χ1v) is 10.2. The normalized spacial score (nSPS) is 11.3. The van der Waals surface area contributed by atoms with Gasteiger partial charge < -0.3 is 0 Å². The lowest BCUT2D eigenvalue weighted by Gasteiger charge is -2.10. The Bertz CT molecular complexity index is 921. The number of hydrogen-bond donors (Lipinski definition) is 0. The van der Waals surface area contributed by atoms with Crippen molar-refractivity contribution in [2.75, 3.05) is 11.8 Å².